The minimum atomic E-state index is -0.0303. The molecule has 1 heterocycles. The molecule has 1 unspecified atom stereocenters. The number of carbonyl (C=O) groups is 1. The van der Waals surface area contributed by atoms with Crippen LogP contribution in [0.2, 0.25) is 0 Å². The second kappa shape index (κ2) is 5.86. The monoisotopic (exact) mass is 272 g/mol. The Hall–Kier alpha value is -1.51. The van der Waals surface area contributed by atoms with E-state index in [0.717, 1.165) is 17.8 Å². The number of amides is 1. The molecule has 1 aromatic carbocycles. The van der Waals surface area contributed by atoms with Gasteiger partial charge in [-0.15, -0.1) is 0 Å². The quantitative estimate of drug-likeness (QED) is 0.886. The molecule has 0 bridgehead atoms. The van der Waals surface area contributed by atoms with Crippen LogP contribution in [0, 0.1) is 5.92 Å². The molecule has 3 heteroatoms. The average Bonchev–Trinajstić information content (AvgIpc) is 2.92. The topological polar surface area (TPSA) is 41.1 Å². The van der Waals surface area contributed by atoms with Gasteiger partial charge in [0, 0.05) is 18.3 Å². The number of anilines is 1. The minimum Gasteiger partial charge on any atom is -0.384 e. The summed E-state index contributed by atoms with van der Waals surface area (Å²) in [5.41, 5.74) is 2.25. The Labute approximate surface area is 121 Å². The number of carbonyl (C=O) groups excluding carboxylic acids is 1. The summed E-state index contributed by atoms with van der Waals surface area (Å²) < 4.78 is 0. The zero-order valence-corrected chi connectivity index (χ0v) is 12.2. The van der Waals surface area contributed by atoms with Crippen molar-refractivity contribution in [3.05, 3.63) is 29.8 Å². The van der Waals surface area contributed by atoms with Crippen molar-refractivity contribution in [1.82, 2.24) is 5.32 Å². The maximum absolute atomic E-state index is 12.5. The molecule has 0 aromatic heterocycles. The van der Waals surface area contributed by atoms with Gasteiger partial charge in [0.15, 0.2) is 0 Å². The number of hydrogen-bond donors (Lipinski definition) is 2. The number of hydrogen-bond acceptors (Lipinski definition) is 2. The van der Waals surface area contributed by atoms with E-state index in [-0.39, 0.29) is 11.8 Å². The highest BCUT2D eigenvalue weighted by molar-refractivity contribution is 5.88. The van der Waals surface area contributed by atoms with Crippen molar-refractivity contribution in [2.75, 3.05) is 11.9 Å². The van der Waals surface area contributed by atoms with Crippen molar-refractivity contribution < 1.29 is 4.79 Å². The summed E-state index contributed by atoms with van der Waals surface area (Å²) in [5, 5.41) is 6.58. The molecule has 1 aliphatic heterocycles. The van der Waals surface area contributed by atoms with Crippen LogP contribution >= 0.6 is 0 Å². The van der Waals surface area contributed by atoms with Crippen LogP contribution in [-0.2, 0) is 4.79 Å². The lowest BCUT2D eigenvalue weighted by atomic mass is 9.84. The molecule has 108 valence electrons. The number of benzene rings is 1. The lowest BCUT2D eigenvalue weighted by molar-refractivity contribution is -0.123. The van der Waals surface area contributed by atoms with E-state index < -0.39 is 0 Å². The molecule has 0 saturated heterocycles. The Morgan fingerprint density at radius 2 is 2.00 bits per heavy atom. The molecular weight excluding hydrogens is 248 g/mol. The minimum absolute atomic E-state index is 0.0303. The number of nitrogens with one attached hydrogen (secondary N) is 2. The van der Waals surface area contributed by atoms with Crippen LogP contribution in [0.4, 0.5) is 5.69 Å². The third-order valence-corrected chi connectivity index (χ3v) is 4.88. The molecular formula is C17H24N2O. The normalized spacial score (nSPS) is 23.8. The van der Waals surface area contributed by atoms with Crippen LogP contribution < -0.4 is 10.6 Å². The first-order valence-corrected chi connectivity index (χ1v) is 7.89. The van der Waals surface area contributed by atoms with Crippen molar-refractivity contribution in [2.24, 2.45) is 5.92 Å². The van der Waals surface area contributed by atoms with Crippen LogP contribution in [0.25, 0.3) is 0 Å². The van der Waals surface area contributed by atoms with Crippen molar-refractivity contribution in [3.63, 3.8) is 0 Å². The second-order valence-corrected chi connectivity index (χ2v) is 6.22. The third kappa shape index (κ3) is 2.67. The van der Waals surface area contributed by atoms with Crippen LogP contribution in [0.15, 0.2) is 24.3 Å². The van der Waals surface area contributed by atoms with E-state index in [0.29, 0.717) is 12.0 Å². The zero-order valence-electron chi connectivity index (χ0n) is 12.2. The highest BCUT2D eigenvalue weighted by Crippen LogP contribution is 2.32. The second-order valence-electron chi connectivity index (χ2n) is 6.22. The molecule has 1 amide bonds. The summed E-state index contributed by atoms with van der Waals surface area (Å²) >= 11 is 0. The lowest BCUT2D eigenvalue weighted by Crippen LogP contribution is -2.41. The molecule has 1 aromatic rings. The first-order valence-electron chi connectivity index (χ1n) is 7.89. The smallest absolute Gasteiger partial charge is 0.229 e. The molecule has 1 aliphatic carbocycles. The molecule has 2 N–H and O–H groups in total. The third-order valence-electron chi connectivity index (χ3n) is 4.88. The Morgan fingerprint density at radius 3 is 2.80 bits per heavy atom. The number of para-hydroxylation sites is 1. The average molecular weight is 272 g/mol. The fraction of sp³-hybridized carbons (Fsp3) is 0.588. The van der Waals surface area contributed by atoms with Gasteiger partial charge in [0.1, 0.15) is 0 Å². The van der Waals surface area contributed by atoms with E-state index in [9.17, 15) is 4.79 Å². The summed E-state index contributed by atoms with van der Waals surface area (Å²) in [6.45, 7) is 2.89. The summed E-state index contributed by atoms with van der Waals surface area (Å²) in [6.07, 6.45) is 6.52. The summed E-state index contributed by atoms with van der Waals surface area (Å²) in [5.74, 6) is 0.815. The molecule has 0 spiro atoms. The summed E-state index contributed by atoms with van der Waals surface area (Å²) in [4.78, 5) is 12.5. The van der Waals surface area contributed by atoms with Crippen LogP contribution in [0.1, 0.15) is 50.5 Å². The molecule has 20 heavy (non-hydrogen) atoms. The van der Waals surface area contributed by atoms with E-state index in [1.54, 1.807) is 0 Å². The largest absolute Gasteiger partial charge is 0.384 e. The number of rotatable bonds is 3. The molecule has 3 rings (SSSR count). The van der Waals surface area contributed by atoms with Gasteiger partial charge in [0.2, 0.25) is 5.91 Å². The van der Waals surface area contributed by atoms with Crippen molar-refractivity contribution in [3.8, 4) is 0 Å². The molecule has 1 saturated carbocycles. The van der Waals surface area contributed by atoms with Gasteiger partial charge in [-0.25, -0.2) is 0 Å². The Kier molecular flexibility index (Phi) is 3.95. The lowest BCUT2D eigenvalue weighted by Gasteiger charge is -2.29. The van der Waals surface area contributed by atoms with Gasteiger partial charge in [0.25, 0.3) is 0 Å². The van der Waals surface area contributed by atoms with Gasteiger partial charge in [-0.1, -0.05) is 37.5 Å². The predicted molar refractivity (Wildman–Crippen MR) is 81.9 cm³/mol. The van der Waals surface area contributed by atoms with E-state index in [4.69, 9.17) is 0 Å². The van der Waals surface area contributed by atoms with Crippen LogP contribution in [0.5, 0.6) is 0 Å². The van der Waals surface area contributed by atoms with Crippen LogP contribution in [0.3, 0.4) is 0 Å². The SMILES string of the molecule is C[C@H](NC(=O)C1CNc2ccccc21)C1CCCCC1. The molecule has 3 nitrogen and oxygen atoms in total. The van der Waals surface area contributed by atoms with E-state index >= 15 is 0 Å². The summed E-state index contributed by atoms with van der Waals surface area (Å²) in [7, 11) is 0. The highest BCUT2D eigenvalue weighted by Gasteiger charge is 2.30. The predicted octanol–water partition coefficient (Wildman–Crippen LogP) is 3.28. The summed E-state index contributed by atoms with van der Waals surface area (Å²) in [6, 6.07) is 8.43. The Bertz CT molecular complexity index is 480. The zero-order chi connectivity index (χ0) is 13.9. The highest BCUT2D eigenvalue weighted by atomic mass is 16.2. The van der Waals surface area contributed by atoms with Gasteiger partial charge in [-0.3, -0.25) is 4.79 Å². The van der Waals surface area contributed by atoms with E-state index in [1.807, 2.05) is 18.2 Å². The van der Waals surface area contributed by atoms with E-state index in [2.05, 4.69) is 23.6 Å². The van der Waals surface area contributed by atoms with Gasteiger partial charge < -0.3 is 10.6 Å². The van der Waals surface area contributed by atoms with Crippen molar-refractivity contribution >= 4 is 11.6 Å². The Morgan fingerprint density at radius 1 is 1.25 bits per heavy atom. The maximum Gasteiger partial charge on any atom is 0.229 e. The molecule has 2 atom stereocenters. The first kappa shape index (κ1) is 13.5. The van der Waals surface area contributed by atoms with Crippen LogP contribution in [-0.4, -0.2) is 18.5 Å². The standard InChI is InChI=1S/C17H24N2O/c1-12(13-7-3-2-4-8-13)19-17(20)15-11-18-16-10-6-5-9-14(15)16/h5-6,9-10,12-13,15,18H,2-4,7-8,11H2,1H3,(H,19,20)/t12-,15?/m0/s1. The van der Waals surface area contributed by atoms with E-state index in [1.165, 1.54) is 32.1 Å². The van der Waals surface area contributed by atoms with Gasteiger partial charge in [-0.2, -0.15) is 0 Å². The molecule has 1 fully saturated rings. The molecule has 2 aliphatic rings. The van der Waals surface area contributed by atoms with Gasteiger partial charge in [-0.05, 0) is 37.3 Å². The number of fused-ring (bicyclic) bond motifs is 1. The van der Waals surface area contributed by atoms with Gasteiger partial charge >= 0.3 is 0 Å². The molecule has 0 radical (unpaired) electrons. The fourth-order valence-electron chi connectivity index (χ4n) is 3.59. The maximum atomic E-state index is 12.5. The van der Waals surface area contributed by atoms with Gasteiger partial charge in [0.05, 0.1) is 5.92 Å². The van der Waals surface area contributed by atoms with Crippen molar-refractivity contribution in [1.29, 1.82) is 0 Å². The Balaban J connectivity index is 1.62. The fourth-order valence-corrected chi connectivity index (χ4v) is 3.59. The van der Waals surface area contributed by atoms with Crippen molar-refractivity contribution in [2.45, 2.75) is 51.0 Å². The first-order chi connectivity index (χ1) is 9.75.